The summed E-state index contributed by atoms with van der Waals surface area (Å²) in [4.78, 5) is 11.2. The van der Waals surface area contributed by atoms with Crippen LogP contribution in [-0.2, 0) is 11.2 Å². The molecule has 0 fully saturated rings. The minimum atomic E-state index is -0.729. The highest BCUT2D eigenvalue weighted by Gasteiger charge is 2.04. The molecule has 0 aliphatic heterocycles. The third kappa shape index (κ3) is 5.59. The number of carbonyl (C=O) groups is 1. The van der Waals surface area contributed by atoms with Crippen LogP contribution in [0.15, 0.2) is 24.3 Å². The summed E-state index contributed by atoms with van der Waals surface area (Å²) in [6, 6.07) is 7.40. The number of hydrogen-bond donors (Lipinski definition) is 0. The molecule has 1 aromatic carbocycles. The summed E-state index contributed by atoms with van der Waals surface area (Å²) in [5.74, 6) is 3.09. The molecule has 0 N–H and O–H groups in total. The lowest BCUT2D eigenvalue weighted by Crippen LogP contribution is -2.10. The Balaban J connectivity index is 2.44. The van der Waals surface area contributed by atoms with Gasteiger partial charge in [-0.2, -0.15) is 0 Å². The summed E-state index contributed by atoms with van der Waals surface area (Å²) in [6.45, 7) is 2.17. The van der Waals surface area contributed by atoms with Gasteiger partial charge in [-0.15, -0.1) is 0 Å². The maximum Gasteiger partial charge on any atom is 0.514 e. The summed E-state index contributed by atoms with van der Waals surface area (Å²) in [5.41, 5.74) is 1.23. The highest BCUT2D eigenvalue weighted by Crippen LogP contribution is 2.13. The number of aryl methyl sites for hydroxylation is 1. The van der Waals surface area contributed by atoms with E-state index in [0.717, 1.165) is 12.8 Å². The Morgan fingerprint density at radius 1 is 1.35 bits per heavy atom. The smallest absolute Gasteiger partial charge is 0.421 e. The van der Waals surface area contributed by atoms with Crippen LogP contribution in [-0.4, -0.2) is 12.8 Å². The summed E-state index contributed by atoms with van der Waals surface area (Å²) < 4.78 is 12.3. The first-order chi connectivity index (χ1) is 8.26. The molecule has 3 nitrogen and oxygen atoms in total. The second-order valence-corrected chi connectivity index (χ2v) is 3.85. The largest absolute Gasteiger partial charge is 0.514 e. The summed E-state index contributed by atoms with van der Waals surface area (Å²) in [6.07, 6.45) is 1.39. The first-order valence-electron chi connectivity index (χ1n) is 5.28. The zero-order valence-electron chi connectivity index (χ0n) is 9.53. The second-order valence-electron chi connectivity index (χ2n) is 3.31. The van der Waals surface area contributed by atoms with Crippen molar-refractivity contribution in [2.75, 3.05) is 6.61 Å². The van der Waals surface area contributed by atoms with Gasteiger partial charge < -0.3 is 9.47 Å². The van der Waals surface area contributed by atoms with Crippen LogP contribution < -0.4 is 4.74 Å². The van der Waals surface area contributed by atoms with Gasteiger partial charge >= 0.3 is 6.16 Å². The summed E-state index contributed by atoms with van der Waals surface area (Å²) in [7, 11) is 0. The fourth-order valence-corrected chi connectivity index (χ4v) is 1.42. The molecule has 0 aliphatic rings. The van der Waals surface area contributed by atoms with E-state index in [1.54, 1.807) is 12.1 Å². The maximum absolute atomic E-state index is 11.2. The predicted molar refractivity (Wildman–Crippen MR) is 74.2 cm³/mol. The van der Waals surface area contributed by atoms with Gasteiger partial charge in [0, 0.05) is 22.6 Å². The van der Waals surface area contributed by atoms with E-state index in [1.807, 2.05) is 34.7 Å². The van der Waals surface area contributed by atoms with E-state index in [1.165, 1.54) is 5.56 Å². The first kappa shape index (κ1) is 13.8. The Kier molecular flexibility index (Phi) is 6.48. The average Bonchev–Trinajstić information content (AvgIpc) is 2.32. The molecule has 90 valence electrons. The van der Waals surface area contributed by atoms with Crippen LogP contribution in [0.5, 0.6) is 5.75 Å². The van der Waals surface area contributed by atoms with Crippen LogP contribution >= 0.6 is 22.6 Å². The quantitative estimate of drug-likeness (QED) is 0.363. The van der Waals surface area contributed by atoms with Crippen molar-refractivity contribution in [1.82, 2.24) is 0 Å². The molecule has 0 atom stereocenters. The van der Waals surface area contributed by atoms with Crippen LogP contribution in [0.4, 0.5) is 4.79 Å². The van der Waals surface area contributed by atoms with Crippen LogP contribution in [0, 0.1) is 9.85 Å². The van der Waals surface area contributed by atoms with Gasteiger partial charge in [0.05, 0.1) is 0 Å². The van der Waals surface area contributed by atoms with E-state index in [2.05, 4.69) is 16.8 Å². The summed E-state index contributed by atoms with van der Waals surface area (Å²) in [5, 5.41) is 0. The van der Waals surface area contributed by atoms with Crippen LogP contribution in [0.2, 0.25) is 0 Å². The Morgan fingerprint density at radius 2 is 2.06 bits per heavy atom. The molecular formula is C13H13IO3. The molecule has 0 saturated carbocycles. The third-order valence-electron chi connectivity index (χ3n) is 1.99. The third-order valence-corrected chi connectivity index (χ3v) is 2.37. The number of hydrogen-bond acceptors (Lipinski definition) is 3. The van der Waals surface area contributed by atoms with E-state index in [9.17, 15) is 4.79 Å². The Hall–Kier alpha value is -1.22. The highest BCUT2D eigenvalue weighted by molar-refractivity contribution is 14.1. The van der Waals surface area contributed by atoms with E-state index >= 15 is 0 Å². The van der Waals surface area contributed by atoms with Gasteiger partial charge in [-0.3, -0.25) is 0 Å². The molecule has 0 aliphatic carbocycles. The monoisotopic (exact) mass is 344 g/mol. The van der Waals surface area contributed by atoms with Crippen LogP contribution in [0.1, 0.15) is 18.9 Å². The topological polar surface area (TPSA) is 35.5 Å². The Bertz CT molecular complexity index is 415. The molecule has 0 heterocycles. The van der Waals surface area contributed by atoms with E-state index in [0.29, 0.717) is 5.75 Å². The van der Waals surface area contributed by atoms with Crippen molar-refractivity contribution in [3.8, 4) is 15.6 Å². The fraction of sp³-hybridized carbons (Fsp3) is 0.308. The lowest BCUT2D eigenvalue weighted by molar-refractivity contribution is 0.111. The van der Waals surface area contributed by atoms with Crippen molar-refractivity contribution >= 4 is 28.7 Å². The molecule has 0 spiro atoms. The molecule has 0 amide bonds. The number of carbonyl (C=O) groups excluding carboxylic acids is 1. The van der Waals surface area contributed by atoms with E-state index < -0.39 is 6.16 Å². The standard InChI is InChI=1S/C13H13IO3/c1-2-4-11-5-7-12(8-6-11)17-13(15)16-10-3-9-14/h5-8H,2,4,10H2,1H3. The minimum Gasteiger partial charge on any atom is -0.421 e. The van der Waals surface area contributed by atoms with Gasteiger partial charge in [-0.25, -0.2) is 4.79 Å². The number of benzene rings is 1. The summed E-state index contributed by atoms with van der Waals surface area (Å²) >= 11 is 1.88. The zero-order valence-corrected chi connectivity index (χ0v) is 11.7. The second kappa shape index (κ2) is 7.96. The maximum atomic E-state index is 11.2. The van der Waals surface area contributed by atoms with Crippen molar-refractivity contribution in [3.63, 3.8) is 0 Å². The normalized spacial score (nSPS) is 9.06. The number of ether oxygens (including phenoxy) is 2. The van der Waals surface area contributed by atoms with Crippen LogP contribution in [0.3, 0.4) is 0 Å². The van der Waals surface area contributed by atoms with Gasteiger partial charge in [-0.1, -0.05) is 31.4 Å². The van der Waals surface area contributed by atoms with Gasteiger partial charge in [0.25, 0.3) is 0 Å². The SMILES string of the molecule is CCCc1ccc(OC(=O)OCC#CI)cc1. The van der Waals surface area contributed by atoms with Crippen molar-refractivity contribution in [3.05, 3.63) is 29.8 Å². The molecular weight excluding hydrogens is 331 g/mol. The van der Waals surface area contributed by atoms with Crippen molar-refractivity contribution in [1.29, 1.82) is 0 Å². The number of rotatable bonds is 4. The van der Waals surface area contributed by atoms with Gasteiger partial charge in [-0.05, 0) is 28.0 Å². The number of halogens is 1. The van der Waals surface area contributed by atoms with Gasteiger partial charge in [0.2, 0.25) is 0 Å². The van der Waals surface area contributed by atoms with Crippen molar-refractivity contribution in [2.45, 2.75) is 19.8 Å². The molecule has 0 radical (unpaired) electrons. The molecule has 0 saturated heterocycles. The molecule has 1 rings (SSSR count). The molecule has 4 heteroatoms. The Labute approximate surface area is 115 Å². The molecule has 17 heavy (non-hydrogen) atoms. The van der Waals surface area contributed by atoms with E-state index in [4.69, 9.17) is 9.47 Å². The molecule has 0 unspecified atom stereocenters. The van der Waals surface area contributed by atoms with E-state index in [-0.39, 0.29) is 6.61 Å². The molecule has 0 aromatic heterocycles. The van der Waals surface area contributed by atoms with Crippen LogP contribution in [0.25, 0.3) is 0 Å². The zero-order chi connectivity index (χ0) is 12.5. The lowest BCUT2D eigenvalue weighted by atomic mass is 10.1. The van der Waals surface area contributed by atoms with Gasteiger partial charge in [0.1, 0.15) is 5.75 Å². The minimum absolute atomic E-state index is 0.0513. The average molecular weight is 344 g/mol. The predicted octanol–water partition coefficient (Wildman–Crippen LogP) is 3.55. The molecule has 1 aromatic rings. The Morgan fingerprint density at radius 3 is 2.65 bits per heavy atom. The fourth-order valence-electron chi connectivity index (χ4n) is 1.26. The lowest BCUT2D eigenvalue weighted by Gasteiger charge is -2.04. The highest BCUT2D eigenvalue weighted by atomic mass is 127. The van der Waals surface area contributed by atoms with Gasteiger partial charge in [0.15, 0.2) is 6.61 Å². The van der Waals surface area contributed by atoms with Crippen molar-refractivity contribution in [2.24, 2.45) is 0 Å². The first-order valence-corrected chi connectivity index (χ1v) is 6.36. The molecule has 0 bridgehead atoms. The van der Waals surface area contributed by atoms with Crippen molar-refractivity contribution < 1.29 is 14.3 Å².